The highest BCUT2D eigenvalue weighted by atomic mass is 16.5. The van der Waals surface area contributed by atoms with Gasteiger partial charge in [0.2, 0.25) is 0 Å². The van der Waals surface area contributed by atoms with Crippen molar-refractivity contribution in [3.63, 3.8) is 0 Å². The van der Waals surface area contributed by atoms with Crippen molar-refractivity contribution in [2.24, 2.45) is 0 Å². The second-order valence-electron chi connectivity index (χ2n) is 4.01. The number of aryl methyl sites for hydroxylation is 1. The molecule has 1 aliphatic heterocycles. The van der Waals surface area contributed by atoms with Crippen LogP contribution in [-0.4, -0.2) is 27.4 Å². The zero-order chi connectivity index (χ0) is 10.5. The summed E-state index contributed by atoms with van der Waals surface area (Å²) in [6.07, 6.45) is 8.54. The molecule has 84 valence electrons. The minimum atomic E-state index is 0.0610. The summed E-state index contributed by atoms with van der Waals surface area (Å²) in [7, 11) is 0. The summed E-state index contributed by atoms with van der Waals surface area (Å²) < 4.78 is 7.65. The highest BCUT2D eigenvalue weighted by molar-refractivity contribution is 4.95. The van der Waals surface area contributed by atoms with Crippen molar-refractivity contribution >= 4 is 0 Å². The molecule has 0 aliphatic carbocycles. The normalized spacial score (nSPS) is 21.8. The van der Waals surface area contributed by atoms with Gasteiger partial charge in [-0.3, -0.25) is 0 Å². The molecule has 15 heavy (non-hydrogen) atoms. The van der Waals surface area contributed by atoms with Crippen LogP contribution >= 0.6 is 0 Å². The van der Waals surface area contributed by atoms with Gasteiger partial charge >= 0.3 is 0 Å². The molecular weight excluding hydrogens is 192 g/mol. The van der Waals surface area contributed by atoms with Gasteiger partial charge in [-0.05, 0) is 25.7 Å². The lowest BCUT2D eigenvalue weighted by molar-refractivity contribution is 0.00858. The molecule has 0 saturated carbocycles. The lowest BCUT2D eigenvalue weighted by Crippen LogP contribution is -2.21. The first-order valence-electron chi connectivity index (χ1n) is 5.61. The molecule has 0 spiro atoms. The summed E-state index contributed by atoms with van der Waals surface area (Å²) in [4.78, 5) is 4.02. The third kappa shape index (κ3) is 2.79. The van der Waals surface area contributed by atoms with Crippen molar-refractivity contribution in [3.05, 3.63) is 18.2 Å². The predicted octanol–water partition coefficient (Wildman–Crippen LogP) is 1.33. The highest BCUT2D eigenvalue weighted by Gasteiger charge is 2.13. The zero-order valence-electron chi connectivity index (χ0n) is 8.93. The van der Waals surface area contributed by atoms with Gasteiger partial charge in [0.05, 0.1) is 30.9 Å². The molecule has 1 aliphatic rings. The van der Waals surface area contributed by atoms with Crippen molar-refractivity contribution < 1.29 is 9.84 Å². The maximum atomic E-state index is 9.05. The van der Waals surface area contributed by atoms with Crippen molar-refractivity contribution in [1.29, 1.82) is 0 Å². The number of imidazole rings is 1. The van der Waals surface area contributed by atoms with E-state index in [1.54, 1.807) is 12.5 Å². The summed E-state index contributed by atoms with van der Waals surface area (Å²) in [6, 6.07) is 0. The molecular formula is C11H18N2O2. The Kier molecular flexibility index (Phi) is 3.75. The van der Waals surface area contributed by atoms with Crippen LogP contribution in [0.2, 0.25) is 0 Å². The predicted molar refractivity (Wildman–Crippen MR) is 56.4 cm³/mol. The van der Waals surface area contributed by atoms with E-state index in [0.29, 0.717) is 6.10 Å². The minimum Gasteiger partial charge on any atom is -0.390 e. The molecule has 1 aromatic heterocycles. The Morgan fingerprint density at radius 2 is 2.47 bits per heavy atom. The van der Waals surface area contributed by atoms with Gasteiger partial charge < -0.3 is 14.4 Å². The lowest BCUT2D eigenvalue weighted by atomic mass is 10.1. The van der Waals surface area contributed by atoms with Crippen LogP contribution in [0, 0.1) is 0 Å². The fraction of sp³-hybridized carbons (Fsp3) is 0.727. The fourth-order valence-corrected chi connectivity index (χ4v) is 2.00. The van der Waals surface area contributed by atoms with E-state index in [0.717, 1.165) is 25.3 Å². The average Bonchev–Trinajstić information content (AvgIpc) is 2.75. The number of nitrogens with zero attached hydrogens (tertiary/aromatic N) is 2. The lowest BCUT2D eigenvalue weighted by Gasteiger charge is -2.22. The Morgan fingerprint density at radius 1 is 1.53 bits per heavy atom. The monoisotopic (exact) mass is 210 g/mol. The van der Waals surface area contributed by atoms with E-state index < -0.39 is 0 Å². The maximum absolute atomic E-state index is 9.05. The molecule has 2 heterocycles. The second kappa shape index (κ2) is 5.28. The summed E-state index contributed by atoms with van der Waals surface area (Å²) in [6.45, 7) is 1.85. The first kappa shape index (κ1) is 10.6. The van der Waals surface area contributed by atoms with Crippen LogP contribution in [0.15, 0.2) is 12.5 Å². The van der Waals surface area contributed by atoms with Crippen LogP contribution in [0.25, 0.3) is 0 Å². The van der Waals surface area contributed by atoms with Crippen LogP contribution in [0.5, 0.6) is 0 Å². The number of aliphatic hydroxyl groups excluding tert-OH is 1. The number of hydrogen-bond donors (Lipinski definition) is 1. The maximum Gasteiger partial charge on any atom is 0.0948 e. The van der Waals surface area contributed by atoms with Gasteiger partial charge in [0, 0.05) is 13.2 Å². The van der Waals surface area contributed by atoms with Crippen molar-refractivity contribution in [2.45, 2.75) is 44.9 Å². The van der Waals surface area contributed by atoms with Crippen LogP contribution in [0.4, 0.5) is 0 Å². The summed E-state index contributed by atoms with van der Waals surface area (Å²) in [5, 5.41) is 9.05. The zero-order valence-corrected chi connectivity index (χ0v) is 8.93. The van der Waals surface area contributed by atoms with Gasteiger partial charge in [-0.1, -0.05) is 0 Å². The van der Waals surface area contributed by atoms with Gasteiger partial charge in [-0.15, -0.1) is 0 Å². The number of aromatic nitrogens is 2. The Hall–Kier alpha value is -0.870. The SMILES string of the molecule is OCc1cncn1CCC1CCCCO1. The molecule has 1 N–H and O–H groups in total. The Morgan fingerprint density at radius 3 is 3.20 bits per heavy atom. The molecule has 0 aromatic carbocycles. The highest BCUT2D eigenvalue weighted by Crippen LogP contribution is 2.16. The Balaban J connectivity index is 1.81. The summed E-state index contributed by atoms with van der Waals surface area (Å²) in [5.74, 6) is 0. The first-order chi connectivity index (χ1) is 7.40. The van der Waals surface area contributed by atoms with Crippen LogP contribution in [-0.2, 0) is 17.9 Å². The number of hydrogen-bond acceptors (Lipinski definition) is 3. The third-order valence-corrected chi connectivity index (χ3v) is 2.93. The van der Waals surface area contributed by atoms with E-state index >= 15 is 0 Å². The molecule has 0 amide bonds. The van der Waals surface area contributed by atoms with E-state index in [2.05, 4.69) is 4.98 Å². The molecule has 4 heteroatoms. The molecule has 0 radical (unpaired) electrons. The van der Waals surface area contributed by atoms with Crippen LogP contribution < -0.4 is 0 Å². The van der Waals surface area contributed by atoms with Gasteiger partial charge in [0.15, 0.2) is 0 Å². The largest absolute Gasteiger partial charge is 0.390 e. The van der Waals surface area contributed by atoms with Crippen LogP contribution in [0.1, 0.15) is 31.4 Å². The van der Waals surface area contributed by atoms with E-state index in [1.165, 1.54) is 19.3 Å². The number of aliphatic hydroxyl groups is 1. The van der Waals surface area contributed by atoms with E-state index in [-0.39, 0.29) is 6.61 Å². The van der Waals surface area contributed by atoms with Crippen molar-refractivity contribution in [3.8, 4) is 0 Å². The molecule has 1 atom stereocenters. The summed E-state index contributed by atoms with van der Waals surface area (Å²) >= 11 is 0. The van der Waals surface area contributed by atoms with Gasteiger partial charge in [0.1, 0.15) is 0 Å². The van der Waals surface area contributed by atoms with E-state index in [9.17, 15) is 0 Å². The Labute approximate surface area is 89.9 Å². The van der Waals surface area contributed by atoms with E-state index in [4.69, 9.17) is 9.84 Å². The molecule has 4 nitrogen and oxygen atoms in total. The van der Waals surface area contributed by atoms with Gasteiger partial charge in [0.25, 0.3) is 0 Å². The smallest absolute Gasteiger partial charge is 0.0948 e. The molecule has 2 rings (SSSR count). The minimum absolute atomic E-state index is 0.0610. The molecule has 1 saturated heterocycles. The number of rotatable bonds is 4. The van der Waals surface area contributed by atoms with Gasteiger partial charge in [-0.25, -0.2) is 4.98 Å². The molecule has 0 bridgehead atoms. The first-order valence-corrected chi connectivity index (χ1v) is 5.61. The van der Waals surface area contributed by atoms with Crippen LogP contribution in [0.3, 0.4) is 0 Å². The van der Waals surface area contributed by atoms with Crippen molar-refractivity contribution in [2.75, 3.05) is 6.61 Å². The summed E-state index contributed by atoms with van der Waals surface area (Å²) in [5.41, 5.74) is 0.880. The van der Waals surface area contributed by atoms with Crippen molar-refractivity contribution in [1.82, 2.24) is 9.55 Å². The molecule has 1 fully saturated rings. The topological polar surface area (TPSA) is 47.3 Å². The standard InChI is InChI=1S/C11H18N2O2/c14-8-10-7-12-9-13(10)5-4-11-3-1-2-6-15-11/h7,9,11,14H,1-6,8H2. The molecule has 1 aromatic rings. The average molecular weight is 210 g/mol. The van der Waals surface area contributed by atoms with E-state index in [1.807, 2.05) is 4.57 Å². The molecule has 1 unspecified atom stereocenters. The fourth-order valence-electron chi connectivity index (χ4n) is 2.00. The van der Waals surface area contributed by atoms with Gasteiger partial charge in [-0.2, -0.15) is 0 Å². The number of ether oxygens (including phenoxy) is 1. The quantitative estimate of drug-likeness (QED) is 0.815. The third-order valence-electron chi connectivity index (χ3n) is 2.93. The Bertz CT molecular complexity index is 293. The second-order valence-corrected chi connectivity index (χ2v) is 4.01.